The fourth-order valence-corrected chi connectivity index (χ4v) is 3.68. The molecule has 0 amide bonds. The highest BCUT2D eigenvalue weighted by Crippen LogP contribution is 2.28. The van der Waals surface area contributed by atoms with E-state index in [2.05, 4.69) is 4.98 Å². The number of hydrogen-bond donors (Lipinski definition) is 0. The van der Waals surface area contributed by atoms with Gasteiger partial charge in [-0.3, -0.25) is 4.79 Å². The van der Waals surface area contributed by atoms with E-state index in [9.17, 15) is 9.00 Å². The Kier molecular flexibility index (Phi) is 4.19. The first kappa shape index (κ1) is 13.0. The number of fused-ring (bicyclic) bond motifs is 1. The van der Waals surface area contributed by atoms with Crippen LogP contribution in [0.2, 0.25) is 0 Å². The molecule has 3 nitrogen and oxygen atoms in total. The van der Waals surface area contributed by atoms with E-state index in [0.29, 0.717) is 9.96 Å². The second kappa shape index (κ2) is 5.48. The van der Waals surface area contributed by atoms with Crippen LogP contribution in [0.15, 0.2) is 22.5 Å². The van der Waals surface area contributed by atoms with Crippen molar-refractivity contribution in [3.63, 3.8) is 0 Å². The van der Waals surface area contributed by atoms with Crippen LogP contribution in [0.1, 0.15) is 12.5 Å². The molecule has 0 aromatic carbocycles. The van der Waals surface area contributed by atoms with Crippen LogP contribution >= 0.6 is 33.8 Å². The van der Waals surface area contributed by atoms with Crippen molar-refractivity contribution in [2.45, 2.75) is 16.9 Å². The van der Waals surface area contributed by atoms with Crippen molar-refractivity contribution < 1.29 is 9.00 Å². The summed E-state index contributed by atoms with van der Waals surface area (Å²) in [6.45, 7) is 1.54. The molecule has 0 spiro atoms. The molecular formula is C10H8ClNO2S3. The highest BCUT2D eigenvalue weighted by Gasteiger charge is 2.08. The van der Waals surface area contributed by atoms with Gasteiger partial charge >= 0.3 is 0 Å². The molecular weight excluding hydrogens is 298 g/mol. The zero-order valence-electron chi connectivity index (χ0n) is 8.81. The summed E-state index contributed by atoms with van der Waals surface area (Å²) in [5.74, 6) is 0.605. The topological polar surface area (TPSA) is 47.0 Å². The van der Waals surface area contributed by atoms with Crippen LogP contribution in [0.5, 0.6) is 0 Å². The fourth-order valence-electron chi connectivity index (χ4n) is 1.30. The Balaban J connectivity index is 2.30. The van der Waals surface area contributed by atoms with Crippen LogP contribution in [0.4, 0.5) is 0 Å². The van der Waals surface area contributed by atoms with Crippen LogP contribution in [0.25, 0.3) is 10.2 Å². The summed E-state index contributed by atoms with van der Waals surface area (Å²) in [6.07, 6.45) is 1.73. The highest BCUT2D eigenvalue weighted by atomic mass is 35.7. The molecule has 2 aromatic heterocycles. The van der Waals surface area contributed by atoms with E-state index in [1.165, 1.54) is 30.0 Å². The van der Waals surface area contributed by atoms with Gasteiger partial charge in [0.2, 0.25) is 0 Å². The maximum absolute atomic E-state index is 11.1. The number of pyridine rings is 1. The number of thiophene rings is 1. The van der Waals surface area contributed by atoms with E-state index >= 15 is 0 Å². The van der Waals surface area contributed by atoms with Gasteiger partial charge in [-0.15, -0.1) is 11.3 Å². The van der Waals surface area contributed by atoms with Crippen molar-refractivity contribution >= 4 is 59.1 Å². The molecule has 7 heteroatoms. The summed E-state index contributed by atoms with van der Waals surface area (Å²) in [7, 11) is 4.04. The minimum Gasteiger partial charge on any atom is -0.288 e. The van der Waals surface area contributed by atoms with E-state index in [0.717, 1.165) is 15.8 Å². The van der Waals surface area contributed by atoms with Gasteiger partial charge in [-0.1, -0.05) is 11.8 Å². The summed E-state index contributed by atoms with van der Waals surface area (Å²) < 4.78 is 11.7. The summed E-state index contributed by atoms with van der Waals surface area (Å²) in [6, 6.07) is 3.72. The minimum absolute atomic E-state index is 0.0815. The first-order valence-corrected chi connectivity index (χ1v) is 8.44. The predicted octanol–water partition coefficient (Wildman–Crippen LogP) is 3.34. The zero-order chi connectivity index (χ0) is 12.4. The average molecular weight is 306 g/mol. The number of aromatic nitrogens is 1. The van der Waals surface area contributed by atoms with Gasteiger partial charge in [-0.25, -0.2) is 9.19 Å². The smallest absolute Gasteiger partial charge is 0.186 e. The number of halogens is 1. The third-order valence-electron chi connectivity index (χ3n) is 2.01. The van der Waals surface area contributed by atoms with Crippen molar-refractivity contribution in [3.05, 3.63) is 23.9 Å². The Labute approximate surface area is 114 Å². The van der Waals surface area contributed by atoms with E-state index in [1.54, 1.807) is 12.3 Å². The third kappa shape index (κ3) is 3.28. The molecule has 1 atom stereocenters. The molecule has 17 heavy (non-hydrogen) atoms. The summed E-state index contributed by atoms with van der Waals surface area (Å²) in [5.41, 5.74) is 0.974. The van der Waals surface area contributed by atoms with Crippen LogP contribution < -0.4 is 0 Å². The lowest BCUT2D eigenvalue weighted by atomic mass is 10.2. The van der Waals surface area contributed by atoms with Gasteiger partial charge in [0.1, 0.15) is 9.04 Å². The van der Waals surface area contributed by atoms with Gasteiger partial charge in [0.05, 0.1) is 0 Å². The lowest BCUT2D eigenvalue weighted by Gasteiger charge is -1.97. The van der Waals surface area contributed by atoms with E-state index < -0.39 is 10.0 Å². The molecule has 2 rings (SSSR count). The largest absolute Gasteiger partial charge is 0.288 e. The van der Waals surface area contributed by atoms with E-state index in [4.69, 9.17) is 10.7 Å². The van der Waals surface area contributed by atoms with E-state index in [1.807, 2.05) is 6.07 Å². The number of carbonyl (C=O) groups is 1. The minimum atomic E-state index is -1.49. The molecule has 0 saturated carbocycles. The molecule has 1 unspecified atom stereocenters. The average Bonchev–Trinajstić information content (AvgIpc) is 2.69. The zero-order valence-corrected chi connectivity index (χ0v) is 12.0. The molecule has 0 saturated heterocycles. The van der Waals surface area contributed by atoms with Crippen LogP contribution in [-0.4, -0.2) is 14.3 Å². The van der Waals surface area contributed by atoms with Crippen LogP contribution in [0, 0.1) is 0 Å². The van der Waals surface area contributed by atoms with Crippen molar-refractivity contribution in [2.75, 3.05) is 0 Å². The molecule has 0 aliphatic rings. The van der Waals surface area contributed by atoms with Gasteiger partial charge in [-0.2, -0.15) is 0 Å². The Hall–Kier alpha value is -0.430. The predicted molar refractivity (Wildman–Crippen MR) is 73.9 cm³/mol. The van der Waals surface area contributed by atoms with Crippen molar-refractivity contribution in [2.24, 2.45) is 0 Å². The second-order valence-corrected chi connectivity index (χ2v) is 7.48. The molecule has 2 aromatic rings. The summed E-state index contributed by atoms with van der Waals surface area (Å²) in [5, 5.41) is 0.999. The highest BCUT2D eigenvalue weighted by molar-refractivity contribution is 8.12. The van der Waals surface area contributed by atoms with Crippen molar-refractivity contribution in [3.8, 4) is 0 Å². The second-order valence-electron chi connectivity index (χ2n) is 3.31. The molecule has 0 bridgehead atoms. The van der Waals surface area contributed by atoms with Crippen molar-refractivity contribution in [1.29, 1.82) is 0 Å². The van der Waals surface area contributed by atoms with E-state index in [-0.39, 0.29) is 5.12 Å². The number of nitrogens with zero attached hydrogens (tertiary/aromatic N) is 1. The number of thioether (sulfide) groups is 1. The number of hydrogen-bond acceptors (Lipinski definition) is 5. The first-order valence-electron chi connectivity index (χ1n) is 4.66. The Morgan fingerprint density at radius 3 is 3.00 bits per heavy atom. The summed E-state index contributed by atoms with van der Waals surface area (Å²) >= 11 is 2.57. The van der Waals surface area contributed by atoms with Gasteiger partial charge < -0.3 is 0 Å². The SMILES string of the molecule is CC(=O)SCc1cnc2sc(S(=O)Cl)cc2c1. The molecule has 0 radical (unpaired) electrons. The number of carbonyl (C=O) groups excluding carboxylic acids is 1. The Morgan fingerprint density at radius 2 is 2.35 bits per heavy atom. The van der Waals surface area contributed by atoms with Gasteiger partial charge in [0, 0.05) is 24.3 Å². The van der Waals surface area contributed by atoms with Gasteiger partial charge in [0.25, 0.3) is 0 Å². The number of rotatable bonds is 3. The fraction of sp³-hybridized carbons (Fsp3) is 0.200. The summed E-state index contributed by atoms with van der Waals surface area (Å²) in [4.78, 5) is 15.9. The van der Waals surface area contributed by atoms with Crippen LogP contribution in [0.3, 0.4) is 0 Å². The quantitative estimate of drug-likeness (QED) is 0.816. The lowest BCUT2D eigenvalue weighted by molar-refractivity contribution is -0.109. The molecule has 2 heterocycles. The van der Waals surface area contributed by atoms with Gasteiger partial charge in [-0.05, 0) is 28.4 Å². The van der Waals surface area contributed by atoms with Crippen LogP contribution in [-0.2, 0) is 20.6 Å². The molecule has 0 aliphatic heterocycles. The Bertz CT molecular complexity index is 596. The van der Waals surface area contributed by atoms with Gasteiger partial charge in [0.15, 0.2) is 15.1 Å². The molecule has 90 valence electrons. The standard InChI is InChI=1S/C10H8ClNO2S3/c1-6(13)15-5-7-2-8-3-9(17(11)14)16-10(8)12-4-7/h2-4H,5H2,1H3. The first-order chi connectivity index (χ1) is 8.06. The Morgan fingerprint density at radius 1 is 1.59 bits per heavy atom. The molecule has 0 fully saturated rings. The van der Waals surface area contributed by atoms with Crippen molar-refractivity contribution in [1.82, 2.24) is 4.98 Å². The normalized spacial score (nSPS) is 12.8. The lowest BCUT2D eigenvalue weighted by Crippen LogP contribution is -1.86. The monoisotopic (exact) mass is 305 g/mol. The third-order valence-corrected chi connectivity index (χ3v) is 5.66. The maximum atomic E-state index is 11.1. The maximum Gasteiger partial charge on any atom is 0.186 e. The molecule has 0 N–H and O–H groups in total. The molecule has 0 aliphatic carbocycles.